The zero-order valence-corrected chi connectivity index (χ0v) is 20.1. The molecule has 0 bridgehead atoms. The summed E-state index contributed by atoms with van der Waals surface area (Å²) in [6, 6.07) is 4.32. The summed E-state index contributed by atoms with van der Waals surface area (Å²) in [5, 5.41) is 3.32. The highest BCUT2D eigenvalue weighted by atomic mass is 19.1. The lowest BCUT2D eigenvalue weighted by atomic mass is 10.1. The quantitative estimate of drug-likeness (QED) is 0.542. The fourth-order valence-electron chi connectivity index (χ4n) is 4.73. The molecule has 2 atom stereocenters. The van der Waals surface area contributed by atoms with Crippen LogP contribution in [-0.4, -0.2) is 79.6 Å². The Labute approximate surface area is 196 Å². The molecule has 0 aromatic heterocycles. The molecular formula is C25H37FN4O3. The third-order valence-corrected chi connectivity index (χ3v) is 6.86. The van der Waals surface area contributed by atoms with Gasteiger partial charge in [0, 0.05) is 38.8 Å². The summed E-state index contributed by atoms with van der Waals surface area (Å²) in [5.41, 5.74) is 0.801. The summed E-state index contributed by atoms with van der Waals surface area (Å²) in [6.45, 7) is 11.2. The van der Waals surface area contributed by atoms with Gasteiger partial charge in [-0.15, -0.1) is 0 Å². The van der Waals surface area contributed by atoms with Crippen LogP contribution < -0.4 is 15.0 Å². The number of carbonyl (C=O) groups excluding carboxylic acids is 2. The number of rotatable bonds is 10. The maximum atomic E-state index is 13.9. The molecular weight excluding hydrogens is 423 g/mol. The highest BCUT2D eigenvalue weighted by molar-refractivity contribution is 6.06. The molecule has 3 aliphatic rings. The normalized spacial score (nSPS) is 24.3. The first-order valence-electron chi connectivity index (χ1n) is 12.4. The Hall–Kier alpha value is -2.19. The van der Waals surface area contributed by atoms with Gasteiger partial charge >= 0.3 is 0 Å². The van der Waals surface area contributed by atoms with Crippen LogP contribution in [0.25, 0.3) is 0 Å². The molecule has 2 heterocycles. The molecule has 0 radical (unpaired) electrons. The molecule has 1 aromatic rings. The van der Waals surface area contributed by atoms with Crippen LogP contribution >= 0.6 is 0 Å². The van der Waals surface area contributed by atoms with Gasteiger partial charge < -0.3 is 15.0 Å². The Kier molecular flexibility index (Phi) is 7.54. The van der Waals surface area contributed by atoms with Crippen molar-refractivity contribution in [1.82, 2.24) is 15.1 Å². The monoisotopic (exact) mass is 460 g/mol. The molecule has 182 valence electrons. The number of benzene rings is 1. The number of nitrogens with one attached hydrogen (secondary N) is 1. The van der Waals surface area contributed by atoms with Gasteiger partial charge in [-0.2, -0.15) is 0 Å². The van der Waals surface area contributed by atoms with Crippen molar-refractivity contribution in [3.05, 3.63) is 24.0 Å². The summed E-state index contributed by atoms with van der Waals surface area (Å²) in [7, 11) is 0. The molecule has 8 heteroatoms. The fraction of sp³-hybridized carbons (Fsp3) is 0.680. The van der Waals surface area contributed by atoms with E-state index in [1.165, 1.54) is 23.8 Å². The average Bonchev–Trinajstić information content (AvgIpc) is 3.59. The second kappa shape index (κ2) is 10.4. The van der Waals surface area contributed by atoms with E-state index in [1.54, 1.807) is 12.1 Å². The van der Waals surface area contributed by atoms with Crippen molar-refractivity contribution >= 4 is 17.5 Å². The number of imide groups is 1. The van der Waals surface area contributed by atoms with Gasteiger partial charge in [0.2, 0.25) is 11.8 Å². The number of hydrogen-bond acceptors (Lipinski definition) is 6. The van der Waals surface area contributed by atoms with Crippen LogP contribution in [0.5, 0.6) is 5.75 Å². The SMILES string of the molecule is CC(C)Oc1ccc(F)cc1N1CCN(CCCN2C(=O)C(C)C(NCC3CC3)C2=O)CC1. The molecule has 0 spiro atoms. The first-order chi connectivity index (χ1) is 15.8. The van der Waals surface area contributed by atoms with Gasteiger partial charge in [0.15, 0.2) is 0 Å². The zero-order valence-electron chi connectivity index (χ0n) is 20.1. The van der Waals surface area contributed by atoms with Crippen LogP contribution in [-0.2, 0) is 9.59 Å². The molecule has 2 amide bonds. The number of amides is 2. The number of likely N-dealkylation sites (tertiary alicyclic amines) is 1. The maximum absolute atomic E-state index is 13.9. The molecule has 1 saturated carbocycles. The number of nitrogens with zero attached hydrogens (tertiary/aromatic N) is 3. The van der Waals surface area contributed by atoms with E-state index in [9.17, 15) is 14.0 Å². The lowest BCUT2D eigenvalue weighted by molar-refractivity contribution is -0.139. The molecule has 1 aromatic carbocycles. The number of ether oxygens (including phenoxy) is 1. The van der Waals surface area contributed by atoms with Crippen molar-refractivity contribution in [2.45, 2.75) is 52.2 Å². The predicted molar refractivity (Wildman–Crippen MR) is 126 cm³/mol. The Morgan fingerprint density at radius 1 is 1.09 bits per heavy atom. The second-order valence-corrected chi connectivity index (χ2v) is 9.91. The fourth-order valence-corrected chi connectivity index (χ4v) is 4.73. The maximum Gasteiger partial charge on any atom is 0.247 e. The molecule has 2 aliphatic heterocycles. The summed E-state index contributed by atoms with van der Waals surface area (Å²) >= 11 is 0. The first-order valence-corrected chi connectivity index (χ1v) is 12.4. The van der Waals surface area contributed by atoms with E-state index in [1.807, 2.05) is 20.8 Å². The summed E-state index contributed by atoms with van der Waals surface area (Å²) < 4.78 is 19.8. The first kappa shape index (κ1) is 24.0. The van der Waals surface area contributed by atoms with Gasteiger partial charge in [0.1, 0.15) is 11.6 Å². The Morgan fingerprint density at radius 3 is 2.48 bits per heavy atom. The summed E-state index contributed by atoms with van der Waals surface area (Å²) in [4.78, 5) is 31.3. The lowest BCUT2D eigenvalue weighted by Gasteiger charge is -2.37. The highest BCUT2D eigenvalue weighted by Gasteiger charge is 2.44. The van der Waals surface area contributed by atoms with Crippen LogP contribution in [0.3, 0.4) is 0 Å². The molecule has 1 aliphatic carbocycles. The molecule has 2 saturated heterocycles. The van der Waals surface area contributed by atoms with E-state index in [0.717, 1.165) is 51.4 Å². The smallest absolute Gasteiger partial charge is 0.247 e. The van der Waals surface area contributed by atoms with Gasteiger partial charge in [0.25, 0.3) is 0 Å². The Bertz CT molecular complexity index is 852. The van der Waals surface area contributed by atoms with Gasteiger partial charge in [0.05, 0.1) is 23.8 Å². The van der Waals surface area contributed by atoms with Crippen LogP contribution in [0.1, 0.15) is 40.0 Å². The van der Waals surface area contributed by atoms with E-state index < -0.39 is 0 Å². The van der Waals surface area contributed by atoms with Crippen LogP contribution in [0.4, 0.5) is 10.1 Å². The topological polar surface area (TPSA) is 65.1 Å². The van der Waals surface area contributed by atoms with E-state index in [4.69, 9.17) is 4.74 Å². The lowest BCUT2D eigenvalue weighted by Crippen LogP contribution is -2.47. The predicted octanol–water partition coefficient (Wildman–Crippen LogP) is 2.50. The third-order valence-electron chi connectivity index (χ3n) is 6.86. The van der Waals surface area contributed by atoms with Crippen LogP contribution in [0, 0.1) is 17.7 Å². The van der Waals surface area contributed by atoms with E-state index in [0.29, 0.717) is 18.2 Å². The average molecular weight is 461 g/mol. The van der Waals surface area contributed by atoms with Crippen molar-refractivity contribution in [2.75, 3.05) is 50.7 Å². The highest BCUT2D eigenvalue weighted by Crippen LogP contribution is 2.31. The molecule has 1 N–H and O–H groups in total. The minimum Gasteiger partial charge on any atom is -0.489 e. The second-order valence-electron chi connectivity index (χ2n) is 9.91. The number of anilines is 1. The van der Waals surface area contributed by atoms with Crippen LogP contribution in [0.15, 0.2) is 18.2 Å². The molecule has 4 rings (SSSR count). The standard InChI is InChI=1S/C25H37FN4O3/c1-17(2)33-22-8-7-20(26)15-21(22)29-13-11-28(12-14-29)9-4-10-30-24(31)18(3)23(25(30)32)27-16-19-5-6-19/h7-8,15,17-19,23,27H,4-6,9-14,16H2,1-3H3. The Morgan fingerprint density at radius 2 is 1.82 bits per heavy atom. The van der Waals surface area contributed by atoms with Gasteiger partial charge in [-0.1, -0.05) is 6.92 Å². The summed E-state index contributed by atoms with van der Waals surface area (Å²) in [5.74, 6) is 0.720. The molecule has 7 nitrogen and oxygen atoms in total. The van der Waals surface area contributed by atoms with Gasteiger partial charge in [-0.05, 0) is 64.3 Å². The zero-order chi connectivity index (χ0) is 23.5. The van der Waals surface area contributed by atoms with Gasteiger partial charge in [-0.3, -0.25) is 19.4 Å². The Balaban J connectivity index is 1.24. The third kappa shape index (κ3) is 5.84. The molecule has 33 heavy (non-hydrogen) atoms. The van der Waals surface area contributed by atoms with E-state index >= 15 is 0 Å². The molecule has 2 unspecified atom stereocenters. The summed E-state index contributed by atoms with van der Waals surface area (Å²) in [6.07, 6.45) is 3.23. The van der Waals surface area contributed by atoms with Crippen molar-refractivity contribution < 1.29 is 18.7 Å². The minimum atomic E-state index is -0.366. The van der Waals surface area contributed by atoms with Crippen molar-refractivity contribution in [3.63, 3.8) is 0 Å². The van der Waals surface area contributed by atoms with E-state index in [-0.39, 0.29) is 35.7 Å². The number of carbonyl (C=O) groups is 2. The largest absolute Gasteiger partial charge is 0.489 e. The van der Waals surface area contributed by atoms with E-state index in [2.05, 4.69) is 15.1 Å². The van der Waals surface area contributed by atoms with Crippen molar-refractivity contribution in [1.29, 1.82) is 0 Å². The van der Waals surface area contributed by atoms with Crippen molar-refractivity contribution in [3.8, 4) is 5.75 Å². The van der Waals surface area contributed by atoms with Crippen LogP contribution in [0.2, 0.25) is 0 Å². The molecule has 3 fully saturated rings. The number of piperazine rings is 1. The number of halogens is 1. The number of hydrogen-bond donors (Lipinski definition) is 1. The van der Waals surface area contributed by atoms with Crippen molar-refractivity contribution in [2.24, 2.45) is 11.8 Å². The minimum absolute atomic E-state index is 0.0257. The van der Waals surface area contributed by atoms with Gasteiger partial charge in [-0.25, -0.2) is 4.39 Å².